The van der Waals surface area contributed by atoms with Crippen molar-refractivity contribution in [2.75, 3.05) is 5.32 Å². The van der Waals surface area contributed by atoms with Gasteiger partial charge in [-0.3, -0.25) is 9.78 Å². The maximum absolute atomic E-state index is 12.3. The van der Waals surface area contributed by atoms with E-state index in [0.29, 0.717) is 5.75 Å². The Kier molecular flexibility index (Phi) is 4.01. The number of hydrogen-bond acceptors (Lipinski definition) is 3. The number of aromatic nitrogens is 1. The van der Waals surface area contributed by atoms with E-state index in [2.05, 4.69) is 10.3 Å². The van der Waals surface area contributed by atoms with Crippen LogP contribution in [0.4, 0.5) is 5.69 Å². The SMILES string of the molecule is C[C@@H](Oc1ccccc1)C(=O)Nc1cccc2ncccc12. The van der Waals surface area contributed by atoms with Crippen LogP contribution in [0, 0.1) is 0 Å². The van der Waals surface area contributed by atoms with E-state index in [0.717, 1.165) is 16.6 Å². The van der Waals surface area contributed by atoms with Crippen LogP contribution in [0.2, 0.25) is 0 Å². The summed E-state index contributed by atoms with van der Waals surface area (Å²) in [7, 11) is 0. The minimum Gasteiger partial charge on any atom is -0.481 e. The van der Waals surface area contributed by atoms with Crippen LogP contribution in [0.3, 0.4) is 0 Å². The Morgan fingerprint density at radius 1 is 1.05 bits per heavy atom. The lowest BCUT2D eigenvalue weighted by Crippen LogP contribution is -2.30. The van der Waals surface area contributed by atoms with Gasteiger partial charge < -0.3 is 10.1 Å². The Labute approximate surface area is 128 Å². The summed E-state index contributed by atoms with van der Waals surface area (Å²) in [4.78, 5) is 16.6. The third-order valence-electron chi connectivity index (χ3n) is 3.33. The van der Waals surface area contributed by atoms with Crippen LogP contribution < -0.4 is 10.1 Å². The Bertz CT molecular complexity index is 782. The smallest absolute Gasteiger partial charge is 0.265 e. The minimum absolute atomic E-state index is 0.194. The third-order valence-corrected chi connectivity index (χ3v) is 3.33. The molecule has 4 heteroatoms. The number of benzene rings is 2. The zero-order chi connectivity index (χ0) is 15.4. The molecule has 1 atom stereocenters. The molecule has 3 rings (SSSR count). The second-order valence-corrected chi connectivity index (χ2v) is 4.94. The number of nitrogens with one attached hydrogen (secondary N) is 1. The van der Waals surface area contributed by atoms with E-state index in [-0.39, 0.29) is 5.91 Å². The Morgan fingerprint density at radius 3 is 2.68 bits per heavy atom. The highest BCUT2D eigenvalue weighted by Crippen LogP contribution is 2.21. The van der Waals surface area contributed by atoms with Gasteiger partial charge in [0.05, 0.1) is 11.2 Å². The summed E-state index contributed by atoms with van der Waals surface area (Å²) in [5, 5.41) is 3.81. The van der Waals surface area contributed by atoms with Crippen LogP contribution in [0.25, 0.3) is 10.9 Å². The molecule has 3 aromatic rings. The number of rotatable bonds is 4. The van der Waals surface area contributed by atoms with Gasteiger partial charge >= 0.3 is 0 Å². The van der Waals surface area contributed by atoms with E-state index in [1.165, 1.54) is 0 Å². The molecule has 4 nitrogen and oxygen atoms in total. The van der Waals surface area contributed by atoms with Gasteiger partial charge in [0.2, 0.25) is 0 Å². The van der Waals surface area contributed by atoms with E-state index in [4.69, 9.17) is 4.74 Å². The standard InChI is InChI=1S/C18H16N2O2/c1-13(22-14-7-3-2-4-8-14)18(21)20-17-11-5-10-16-15(17)9-6-12-19-16/h2-13H,1H3,(H,20,21)/t13-/m1/s1. The fourth-order valence-electron chi connectivity index (χ4n) is 2.20. The fraction of sp³-hybridized carbons (Fsp3) is 0.111. The number of fused-ring (bicyclic) bond motifs is 1. The summed E-state index contributed by atoms with van der Waals surface area (Å²) in [6.45, 7) is 1.73. The lowest BCUT2D eigenvalue weighted by molar-refractivity contribution is -0.122. The van der Waals surface area contributed by atoms with Gasteiger partial charge in [0.1, 0.15) is 5.75 Å². The number of amides is 1. The van der Waals surface area contributed by atoms with Crippen molar-refractivity contribution in [2.24, 2.45) is 0 Å². The van der Waals surface area contributed by atoms with Crippen LogP contribution in [0.1, 0.15) is 6.92 Å². The second-order valence-electron chi connectivity index (χ2n) is 4.94. The van der Waals surface area contributed by atoms with Gasteiger partial charge in [0, 0.05) is 11.6 Å². The molecule has 1 amide bonds. The highest BCUT2D eigenvalue weighted by atomic mass is 16.5. The van der Waals surface area contributed by atoms with Crippen molar-refractivity contribution in [1.29, 1.82) is 0 Å². The van der Waals surface area contributed by atoms with Crippen molar-refractivity contribution >= 4 is 22.5 Å². The molecular formula is C18H16N2O2. The quantitative estimate of drug-likeness (QED) is 0.798. The van der Waals surface area contributed by atoms with Crippen molar-refractivity contribution in [3.05, 3.63) is 66.9 Å². The zero-order valence-corrected chi connectivity index (χ0v) is 12.2. The third kappa shape index (κ3) is 3.06. The first-order valence-corrected chi connectivity index (χ1v) is 7.10. The van der Waals surface area contributed by atoms with E-state index >= 15 is 0 Å². The maximum atomic E-state index is 12.3. The second kappa shape index (κ2) is 6.26. The Hall–Kier alpha value is -2.88. The number of pyridine rings is 1. The lowest BCUT2D eigenvalue weighted by Gasteiger charge is -2.15. The molecule has 22 heavy (non-hydrogen) atoms. The number of para-hydroxylation sites is 1. The molecule has 0 fully saturated rings. The number of anilines is 1. The summed E-state index contributed by atoms with van der Waals surface area (Å²) in [6, 6.07) is 18.7. The highest BCUT2D eigenvalue weighted by molar-refractivity contribution is 6.02. The van der Waals surface area contributed by atoms with Crippen LogP contribution in [-0.2, 0) is 4.79 Å². The summed E-state index contributed by atoms with van der Waals surface area (Å²) in [5.41, 5.74) is 1.58. The van der Waals surface area contributed by atoms with Crippen molar-refractivity contribution < 1.29 is 9.53 Å². The molecule has 1 N–H and O–H groups in total. The van der Waals surface area contributed by atoms with E-state index in [1.807, 2.05) is 60.7 Å². The molecule has 0 saturated heterocycles. The predicted octanol–water partition coefficient (Wildman–Crippen LogP) is 3.64. The lowest BCUT2D eigenvalue weighted by atomic mass is 10.2. The largest absolute Gasteiger partial charge is 0.481 e. The summed E-state index contributed by atoms with van der Waals surface area (Å²) < 4.78 is 5.63. The first kappa shape index (κ1) is 14.1. The molecule has 1 aromatic heterocycles. The minimum atomic E-state index is -0.589. The molecule has 0 radical (unpaired) electrons. The molecule has 0 unspecified atom stereocenters. The van der Waals surface area contributed by atoms with E-state index in [9.17, 15) is 4.79 Å². The fourth-order valence-corrected chi connectivity index (χ4v) is 2.20. The topological polar surface area (TPSA) is 51.2 Å². The molecular weight excluding hydrogens is 276 g/mol. The van der Waals surface area contributed by atoms with Gasteiger partial charge in [-0.1, -0.05) is 24.3 Å². The monoisotopic (exact) mass is 292 g/mol. The Morgan fingerprint density at radius 2 is 1.86 bits per heavy atom. The molecule has 0 saturated carbocycles. The van der Waals surface area contributed by atoms with Gasteiger partial charge in [-0.05, 0) is 43.3 Å². The average molecular weight is 292 g/mol. The number of nitrogens with zero attached hydrogens (tertiary/aromatic N) is 1. The van der Waals surface area contributed by atoms with E-state index in [1.54, 1.807) is 13.1 Å². The summed E-state index contributed by atoms with van der Waals surface area (Å²) in [6.07, 6.45) is 1.14. The molecule has 2 aromatic carbocycles. The van der Waals surface area contributed by atoms with Crippen molar-refractivity contribution in [3.8, 4) is 5.75 Å². The number of hydrogen-bond donors (Lipinski definition) is 1. The van der Waals surface area contributed by atoms with Crippen molar-refractivity contribution in [1.82, 2.24) is 4.98 Å². The van der Waals surface area contributed by atoms with Crippen molar-refractivity contribution in [2.45, 2.75) is 13.0 Å². The molecule has 1 heterocycles. The van der Waals surface area contributed by atoms with Crippen LogP contribution >= 0.6 is 0 Å². The van der Waals surface area contributed by atoms with Gasteiger partial charge in [-0.2, -0.15) is 0 Å². The molecule has 0 aliphatic heterocycles. The highest BCUT2D eigenvalue weighted by Gasteiger charge is 2.15. The molecule has 0 bridgehead atoms. The number of carbonyl (C=O) groups is 1. The Balaban J connectivity index is 1.75. The first-order valence-electron chi connectivity index (χ1n) is 7.10. The predicted molar refractivity (Wildman–Crippen MR) is 86.9 cm³/mol. The van der Waals surface area contributed by atoms with Gasteiger partial charge in [-0.25, -0.2) is 0 Å². The first-order chi connectivity index (χ1) is 10.7. The summed E-state index contributed by atoms with van der Waals surface area (Å²) in [5.74, 6) is 0.477. The number of carbonyl (C=O) groups excluding carboxylic acids is 1. The maximum Gasteiger partial charge on any atom is 0.265 e. The van der Waals surface area contributed by atoms with Crippen LogP contribution in [-0.4, -0.2) is 17.0 Å². The van der Waals surface area contributed by atoms with E-state index < -0.39 is 6.10 Å². The van der Waals surface area contributed by atoms with Gasteiger partial charge in [0.25, 0.3) is 5.91 Å². The molecule has 0 aliphatic carbocycles. The van der Waals surface area contributed by atoms with Crippen molar-refractivity contribution in [3.63, 3.8) is 0 Å². The van der Waals surface area contributed by atoms with Crippen LogP contribution in [0.5, 0.6) is 5.75 Å². The van der Waals surface area contributed by atoms with Gasteiger partial charge in [0.15, 0.2) is 6.10 Å². The molecule has 110 valence electrons. The summed E-state index contributed by atoms with van der Waals surface area (Å²) >= 11 is 0. The normalized spacial score (nSPS) is 11.9. The average Bonchev–Trinajstić information content (AvgIpc) is 2.56. The van der Waals surface area contributed by atoms with Gasteiger partial charge in [-0.15, -0.1) is 0 Å². The zero-order valence-electron chi connectivity index (χ0n) is 12.2. The number of ether oxygens (including phenoxy) is 1. The molecule has 0 spiro atoms. The molecule has 0 aliphatic rings. The van der Waals surface area contributed by atoms with Crippen LogP contribution in [0.15, 0.2) is 66.9 Å².